The minimum Gasteiger partial charge on any atom is -0.240 e. The summed E-state index contributed by atoms with van der Waals surface area (Å²) in [6.07, 6.45) is 3.82. The molecule has 0 unspecified atom stereocenters. The Labute approximate surface area is 166 Å². The molecule has 0 aliphatic heterocycles. The Morgan fingerprint density at radius 2 is 1.93 bits per heavy atom. The normalized spacial score (nSPS) is 11.3. The van der Waals surface area contributed by atoms with E-state index >= 15 is 0 Å². The number of nitrogens with zero attached hydrogens (tertiary/aromatic N) is 3. The summed E-state index contributed by atoms with van der Waals surface area (Å²) >= 11 is 7.72. The third kappa shape index (κ3) is 3.70. The maximum absolute atomic E-state index is 9.69. The zero-order valence-electron chi connectivity index (χ0n) is 14.2. The Bertz CT molecular complexity index is 1140. The van der Waals surface area contributed by atoms with Gasteiger partial charge in [-0.1, -0.05) is 48.0 Å². The molecular formula is C22H14ClN3S. The second-order valence-electron chi connectivity index (χ2n) is 5.87. The summed E-state index contributed by atoms with van der Waals surface area (Å²) in [4.78, 5) is 1.05. The summed E-state index contributed by atoms with van der Waals surface area (Å²) < 4.78 is 1.84. The molecule has 0 aliphatic rings. The second kappa shape index (κ2) is 7.63. The molecule has 0 saturated carbocycles. The van der Waals surface area contributed by atoms with E-state index in [9.17, 15) is 5.26 Å². The van der Waals surface area contributed by atoms with Crippen LogP contribution in [0.2, 0.25) is 5.02 Å². The van der Waals surface area contributed by atoms with Crippen molar-refractivity contribution in [1.82, 2.24) is 9.78 Å². The first-order valence-electron chi connectivity index (χ1n) is 8.31. The van der Waals surface area contributed by atoms with E-state index in [1.54, 1.807) is 23.5 Å². The van der Waals surface area contributed by atoms with Gasteiger partial charge in [-0.3, -0.25) is 0 Å². The second-order valence-corrected chi connectivity index (χ2v) is 7.25. The van der Waals surface area contributed by atoms with E-state index in [2.05, 4.69) is 6.07 Å². The highest BCUT2D eigenvalue weighted by molar-refractivity contribution is 7.13. The van der Waals surface area contributed by atoms with Gasteiger partial charge in [0.2, 0.25) is 0 Å². The highest BCUT2D eigenvalue weighted by Gasteiger charge is 2.13. The van der Waals surface area contributed by atoms with Gasteiger partial charge in [-0.05, 0) is 47.4 Å². The zero-order chi connectivity index (χ0) is 18.6. The molecule has 2 heterocycles. The van der Waals surface area contributed by atoms with Crippen molar-refractivity contribution in [2.24, 2.45) is 0 Å². The molecule has 0 aliphatic carbocycles. The van der Waals surface area contributed by atoms with Crippen molar-refractivity contribution in [3.63, 3.8) is 0 Å². The van der Waals surface area contributed by atoms with Gasteiger partial charge < -0.3 is 0 Å². The number of rotatable bonds is 4. The lowest BCUT2D eigenvalue weighted by atomic mass is 10.0. The molecule has 130 valence electrons. The summed E-state index contributed by atoms with van der Waals surface area (Å²) in [5.41, 5.74) is 4.04. The quantitative estimate of drug-likeness (QED) is 0.384. The van der Waals surface area contributed by atoms with E-state index in [-0.39, 0.29) is 0 Å². The summed E-state index contributed by atoms with van der Waals surface area (Å²) in [6.45, 7) is 0. The van der Waals surface area contributed by atoms with Crippen LogP contribution in [-0.4, -0.2) is 9.78 Å². The van der Waals surface area contributed by atoms with Crippen LogP contribution in [0.5, 0.6) is 0 Å². The van der Waals surface area contributed by atoms with Crippen LogP contribution in [0, 0.1) is 11.3 Å². The van der Waals surface area contributed by atoms with Crippen LogP contribution in [0.4, 0.5) is 0 Å². The largest absolute Gasteiger partial charge is 0.240 e. The predicted octanol–water partition coefficient (Wildman–Crippen LogP) is 6.32. The topological polar surface area (TPSA) is 41.6 Å². The standard InChI is InChI=1S/C22H14ClN3S/c23-19-7-4-6-16(13-19)17(14-24)12-18-15-26(20-8-2-1-3-9-20)25-22(18)21-10-5-11-27-21/h1-13,15H/b17-12+. The number of allylic oxidation sites excluding steroid dienone is 1. The molecule has 0 atom stereocenters. The van der Waals surface area contributed by atoms with Crippen molar-refractivity contribution in [2.45, 2.75) is 0 Å². The molecule has 5 heteroatoms. The smallest absolute Gasteiger partial charge is 0.110 e. The van der Waals surface area contributed by atoms with Crippen LogP contribution in [0.15, 0.2) is 78.3 Å². The molecule has 0 bridgehead atoms. The monoisotopic (exact) mass is 387 g/mol. The highest BCUT2D eigenvalue weighted by atomic mass is 35.5. The van der Waals surface area contributed by atoms with Gasteiger partial charge in [0.15, 0.2) is 0 Å². The molecule has 0 spiro atoms. The lowest BCUT2D eigenvalue weighted by Gasteiger charge is -2.00. The fraction of sp³-hybridized carbons (Fsp3) is 0. The Morgan fingerprint density at radius 1 is 1.07 bits per heavy atom. The number of nitriles is 1. The summed E-state index contributed by atoms with van der Waals surface area (Å²) in [6, 6.07) is 23.6. The Morgan fingerprint density at radius 3 is 2.63 bits per heavy atom. The molecule has 0 fully saturated rings. The minimum atomic E-state index is 0.544. The van der Waals surface area contributed by atoms with Crippen molar-refractivity contribution in [2.75, 3.05) is 0 Å². The van der Waals surface area contributed by atoms with Gasteiger partial charge in [-0.2, -0.15) is 10.4 Å². The van der Waals surface area contributed by atoms with Gasteiger partial charge in [0.25, 0.3) is 0 Å². The van der Waals surface area contributed by atoms with E-state index in [1.807, 2.05) is 76.9 Å². The summed E-state index contributed by atoms with van der Waals surface area (Å²) in [5.74, 6) is 0. The van der Waals surface area contributed by atoms with Crippen LogP contribution in [0.1, 0.15) is 11.1 Å². The van der Waals surface area contributed by atoms with Crippen molar-refractivity contribution < 1.29 is 0 Å². The lowest BCUT2D eigenvalue weighted by Crippen LogP contribution is -1.93. The fourth-order valence-electron chi connectivity index (χ4n) is 2.80. The van der Waals surface area contributed by atoms with Gasteiger partial charge >= 0.3 is 0 Å². The van der Waals surface area contributed by atoms with Gasteiger partial charge in [-0.25, -0.2) is 4.68 Å². The Balaban J connectivity index is 1.86. The van der Waals surface area contributed by atoms with Crippen molar-refractivity contribution >= 4 is 34.6 Å². The average Bonchev–Trinajstić information content (AvgIpc) is 3.36. The number of hydrogen-bond donors (Lipinski definition) is 0. The number of thiophene rings is 1. The molecule has 27 heavy (non-hydrogen) atoms. The van der Waals surface area contributed by atoms with Gasteiger partial charge in [0, 0.05) is 16.8 Å². The third-order valence-corrected chi connectivity index (χ3v) is 5.19. The first-order chi connectivity index (χ1) is 13.2. The molecule has 3 nitrogen and oxygen atoms in total. The molecule has 0 N–H and O–H groups in total. The molecular weight excluding hydrogens is 374 g/mol. The number of aromatic nitrogens is 2. The van der Waals surface area contributed by atoms with Gasteiger partial charge in [0.1, 0.15) is 5.69 Å². The van der Waals surface area contributed by atoms with Crippen LogP contribution in [0.25, 0.3) is 27.9 Å². The Hall–Kier alpha value is -3.13. The van der Waals surface area contributed by atoms with Crippen LogP contribution in [0.3, 0.4) is 0 Å². The van der Waals surface area contributed by atoms with Crippen molar-refractivity contribution in [3.05, 3.63) is 94.5 Å². The molecule has 4 aromatic rings. The van der Waals surface area contributed by atoms with E-state index in [0.29, 0.717) is 10.6 Å². The van der Waals surface area contributed by atoms with E-state index in [1.165, 1.54) is 0 Å². The molecule has 0 amide bonds. The van der Waals surface area contributed by atoms with Crippen molar-refractivity contribution in [3.8, 4) is 22.3 Å². The number of benzene rings is 2. The summed E-state index contributed by atoms with van der Waals surface area (Å²) in [7, 11) is 0. The first-order valence-corrected chi connectivity index (χ1v) is 9.57. The average molecular weight is 388 g/mol. The zero-order valence-corrected chi connectivity index (χ0v) is 15.8. The molecule has 0 radical (unpaired) electrons. The number of para-hydroxylation sites is 1. The molecule has 4 rings (SSSR count). The van der Waals surface area contributed by atoms with E-state index in [4.69, 9.17) is 16.7 Å². The van der Waals surface area contributed by atoms with Crippen LogP contribution >= 0.6 is 22.9 Å². The third-order valence-electron chi connectivity index (χ3n) is 4.07. The number of halogens is 1. The highest BCUT2D eigenvalue weighted by Crippen LogP contribution is 2.31. The van der Waals surface area contributed by atoms with E-state index in [0.717, 1.165) is 27.4 Å². The number of hydrogen-bond acceptors (Lipinski definition) is 3. The van der Waals surface area contributed by atoms with Gasteiger partial charge in [-0.15, -0.1) is 11.3 Å². The molecule has 2 aromatic heterocycles. The lowest BCUT2D eigenvalue weighted by molar-refractivity contribution is 0.885. The summed E-state index contributed by atoms with van der Waals surface area (Å²) in [5, 5.41) is 17.1. The van der Waals surface area contributed by atoms with E-state index < -0.39 is 0 Å². The first kappa shape index (κ1) is 17.3. The maximum atomic E-state index is 9.69. The van der Waals surface area contributed by atoms with Crippen LogP contribution in [-0.2, 0) is 0 Å². The van der Waals surface area contributed by atoms with Gasteiger partial charge in [0.05, 0.1) is 22.2 Å². The SMILES string of the molecule is N#C/C(=C\c1cn(-c2ccccc2)nc1-c1cccs1)c1cccc(Cl)c1. The maximum Gasteiger partial charge on any atom is 0.110 e. The van der Waals surface area contributed by atoms with Crippen molar-refractivity contribution in [1.29, 1.82) is 5.26 Å². The molecule has 0 saturated heterocycles. The minimum absolute atomic E-state index is 0.544. The van der Waals surface area contributed by atoms with Crippen LogP contribution < -0.4 is 0 Å². The fourth-order valence-corrected chi connectivity index (χ4v) is 3.72. The predicted molar refractivity (Wildman–Crippen MR) is 112 cm³/mol. The Kier molecular flexibility index (Phi) is 4.88. The molecule has 2 aromatic carbocycles.